The zero-order valence-electron chi connectivity index (χ0n) is 16.2. The van der Waals surface area contributed by atoms with E-state index in [0.29, 0.717) is 12.2 Å². The number of hydrogen-bond donors (Lipinski definition) is 2. The Balaban J connectivity index is 1.64. The second-order valence-electron chi connectivity index (χ2n) is 7.13. The maximum atomic E-state index is 13.1. The molecule has 29 heavy (non-hydrogen) atoms. The molecule has 3 aromatic heterocycles. The van der Waals surface area contributed by atoms with Gasteiger partial charge in [0.25, 0.3) is 0 Å². The summed E-state index contributed by atoms with van der Waals surface area (Å²) in [4.78, 5) is 12.3. The van der Waals surface area contributed by atoms with Crippen LogP contribution in [0.5, 0.6) is 0 Å². The Morgan fingerprint density at radius 1 is 1.24 bits per heavy atom. The smallest absolute Gasteiger partial charge is 0.370 e. The largest absolute Gasteiger partial charge is 0.421 e. The summed E-state index contributed by atoms with van der Waals surface area (Å²) in [6.45, 7) is 6.82. The van der Waals surface area contributed by atoms with Crippen LogP contribution in [-0.4, -0.2) is 35.8 Å². The number of aryl methyl sites for hydroxylation is 1. The molecule has 1 atom stereocenters. The molecule has 4 heterocycles. The van der Waals surface area contributed by atoms with Crippen LogP contribution in [0.1, 0.15) is 37.4 Å². The maximum absolute atomic E-state index is 13.1. The summed E-state index contributed by atoms with van der Waals surface area (Å²) in [6.07, 6.45) is 2.43. The standard InChI is InChI=1S/C18H21F3N8/c1-4-22-14-12(18(19,20)21)9-24-16(27-14)26-13-10-25-29(11(13)2)17(3)5-7-28-8-6-23-15(17)28/h6,8-10H,4-5,7H2,1-3H3,(H2,22,24,26,27)/t17-/m0/s1. The van der Waals surface area contributed by atoms with Crippen LogP contribution < -0.4 is 10.6 Å². The van der Waals surface area contributed by atoms with Gasteiger partial charge >= 0.3 is 6.18 Å². The van der Waals surface area contributed by atoms with Crippen LogP contribution in [-0.2, 0) is 18.3 Å². The first-order valence-electron chi connectivity index (χ1n) is 9.26. The SMILES string of the molecule is CCNc1nc(Nc2cnn([C@@]3(C)CCn4ccnc43)c2C)ncc1C(F)(F)F. The van der Waals surface area contributed by atoms with E-state index in [9.17, 15) is 13.2 Å². The van der Waals surface area contributed by atoms with Crippen LogP contribution in [0, 0.1) is 6.92 Å². The van der Waals surface area contributed by atoms with Gasteiger partial charge in [0.05, 0.1) is 17.6 Å². The highest BCUT2D eigenvalue weighted by atomic mass is 19.4. The quantitative estimate of drug-likeness (QED) is 0.674. The third-order valence-corrected chi connectivity index (χ3v) is 5.20. The van der Waals surface area contributed by atoms with Crippen LogP contribution in [0.2, 0.25) is 0 Å². The highest BCUT2D eigenvalue weighted by Crippen LogP contribution is 2.37. The van der Waals surface area contributed by atoms with E-state index in [2.05, 4.69) is 42.2 Å². The number of fused-ring (bicyclic) bond motifs is 1. The maximum Gasteiger partial charge on any atom is 0.421 e. The first kappa shape index (κ1) is 19.2. The van der Waals surface area contributed by atoms with Crippen LogP contribution in [0.25, 0.3) is 0 Å². The van der Waals surface area contributed by atoms with E-state index in [0.717, 1.165) is 30.7 Å². The van der Waals surface area contributed by atoms with Gasteiger partial charge in [-0.2, -0.15) is 23.3 Å². The minimum atomic E-state index is -4.53. The number of alkyl halides is 3. The highest BCUT2D eigenvalue weighted by Gasteiger charge is 2.40. The summed E-state index contributed by atoms with van der Waals surface area (Å²) in [6, 6.07) is 0. The highest BCUT2D eigenvalue weighted by molar-refractivity contribution is 5.58. The topological polar surface area (TPSA) is 85.5 Å². The molecule has 11 heteroatoms. The molecular weight excluding hydrogens is 385 g/mol. The summed E-state index contributed by atoms with van der Waals surface area (Å²) >= 11 is 0. The number of rotatable bonds is 5. The Hall–Kier alpha value is -3.11. The first-order valence-corrected chi connectivity index (χ1v) is 9.26. The zero-order chi connectivity index (χ0) is 20.8. The van der Waals surface area contributed by atoms with Gasteiger partial charge in [0.15, 0.2) is 0 Å². The number of imidazole rings is 1. The molecular formula is C18H21F3N8. The van der Waals surface area contributed by atoms with E-state index in [1.807, 2.05) is 17.8 Å². The Morgan fingerprint density at radius 2 is 2.03 bits per heavy atom. The van der Waals surface area contributed by atoms with Crippen molar-refractivity contribution in [3.05, 3.63) is 41.9 Å². The Morgan fingerprint density at radius 3 is 2.76 bits per heavy atom. The van der Waals surface area contributed by atoms with E-state index in [-0.39, 0.29) is 11.8 Å². The molecule has 0 saturated carbocycles. The molecule has 4 rings (SSSR count). The molecule has 0 bridgehead atoms. The van der Waals surface area contributed by atoms with Crippen molar-refractivity contribution in [2.24, 2.45) is 0 Å². The van der Waals surface area contributed by atoms with Crippen LogP contribution in [0.3, 0.4) is 0 Å². The zero-order valence-corrected chi connectivity index (χ0v) is 16.2. The fourth-order valence-corrected chi connectivity index (χ4v) is 3.71. The van der Waals surface area contributed by atoms with Gasteiger partial charge in [-0.15, -0.1) is 0 Å². The van der Waals surface area contributed by atoms with E-state index < -0.39 is 17.3 Å². The number of halogens is 3. The molecule has 1 aliphatic heterocycles. The fourth-order valence-electron chi connectivity index (χ4n) is 3.71. The molecule has 0 aromatic carbocycles. The minimum Gasteiger partial charge on any atom is -0.370 e. The van der Waals surface area contributed by atoms with Crippen LogP contribution in [0.15, 0.2) is 24.8 Å². The number of nitrogens with one attached hydrogen (secondary N) is 2. The van der Waals surface area contributed by atoms with Gasteiger partial charge in [0.2, 0.25) is 5.95 Å². The van der Waals surface area contributed by atoms with E-state index >= 15 is 0 Å². The number of nitrogens with zero attached hydrogens (tertiary/aromatic N) is 6. The summed E-state index contributed by atoms with van der Waals surface area (Å²) in [5, 5.41) is 10.1. The predicted octanol–water partition coefficient (Wildman–Crippen LogP) is 3.54. The molecule has 0 aliphatic carbocycles. The molecule has 0 unspecified atom stereocenters. The van der Waals surface area contributed by atoms with Gasteiger partial charge in [-0.25, -0.2) is 9.97 Å². The second-order valence-corrected chi connectivity index (χ2v) is 7.13. The van der Waals surface area contributed by atoms with Crippen molar-refractivity contribution in [3.63, 3.8) is 0 Å². The number of aromatic nitrogens is 6. The van der Waals surface area contributed by atoms with E-state index in [4.69, 9.17) is 0 Å². The Labute approximate surface area is 165 Å². The lowest BCUT2D eigenvalue weighted by Crippen LogP contribution is -2.31. The van der Waals surface area contributed by atoms with Gasteiger partial charge in [0.1, 0.15) is 22.7 Å². The molecule has 0 fully saturated rings. The third kappa shape index (κ3) is 3.19. The molecule has 154 valence electrons. The van der Waals surface area contributed by atoms with Crippen molar-refractivity contribution in [3.8, 4) is 0 Å². The minimum absolute atomic E-state index is 0.0645. The predicted molar refractivity (Wildman–Crippen MR) is 101 cm³/mol. The van der Waals surface area contributed by atoms with Crippen molar-refractivity contribution >= 4 is 17.5 Å². The average Bonchev–Trinajstić information content (AvgIpc) is 3.34. The molecule has 0 spiro atoms. The molecule has 3 aromatic rings. The third-order valence-electron chi connectivity index (χ3n) is 5.20. The Kier molecular flexibility index (Phi) is 4.47. The van der Waals surface area contributed by atoms with Crippen molar-refractivity contribution in [1.29, 1.82) is 0 Å². The van der Waals surface area contributed by atoms with Gasteiger partial charge in [-0.1, -0.05) is 0 Å². The summed E-state index contributed by atoms with van der Waals surface area (Å²) in [5.41, 5.74) is 0.141. The van der Waals surface area contributed by atoms with E-state index in [1.54, 1.807) is 19.3 Å². The lowest BCUT2D eigenvalue weighted by Gasteiger charge is -2.25. The number of anilines is 3. The van der Waals surface area contributed by atoms with Crippen molar-refractivity contribution in [1.82, 2.24) is 29.3 Å². The van der Waals surface area contributed by atoms with E-state index in [1.165, 1.54) is 0 Å². The van der Waals surface area contributed by atoms with Crippen molar-refractivity contribution in [2.75, 3.05) is 17.2 Å². The average molecular weight is 406 g/mol. The summed E-state index contributed by atoms with van der Waals surface area (Å²) < 4.78 is 43.4. The molecule has 2 N–H and O–H groups in total. The molecule has 0 saturated heterocycles. The van der Waals surface area contributed by atoms with Crippen LogP contribution in [0.4, 0.5) is 30.6 Å². The van der Waals surface area contributed by atoms with Gasteiger partial charge in [-0.3, -0.25) is 4.68 Å². The van der Waals surface area contributed by atoms with Crippen molar-refractivity contribution < 1.29 is 13.2 Å². The summed E-state index contributed by atoms with van der Waals surface area (Å²) in [5.74, 6) is 0.734. The molecule has 1 aliphatic rings. The van der Waals surface area contributed by atoms with Gasteiger partial charge < -0.3 is 15.2 Å². The summed E-state index contributed by atoms with van der Waals surface area (Å²) in [7, 11) is 0. The molecule has 0 amide bonds. The molecule has 0 radical (unpaired) electrons. The normalized spacial score (nSPS) is 18.7. The molecule has 8 nitrogen and oxygen atoms in total. The lowest BCUT2D eigenvalue weighted by atomic mass is 10.00. The van der Waals surface area contributed by atoms with Crippen molar-refractivity contribution in [2.45, 2.75) is 45.5 Å². The fraction of sp³-hybridized carbons (Fsp3) is 0.444. The lowest BCUT2D eigenvalue weighted by molar-refractivity contribution is -0.137. The second kappa shape index (κ2) is 6.75. The van der Waals surface area contributed by atoms with Crippen LogP contribution >= 0.6 is 0 Å². The van der Waals surface area contributed by atoms with Gasteiger partial charge in [0, 0.05) is 31.7 Å². The Bertz CT molecular complexity index is 1040. The van der Waals surface area contributed by atoms with Gasteiger partial charge in [-0.05, 0) is 27.2 Å². The first-order chi connectivity index (χ1) is 13.7. The number of hydrogen-bond acceptors (Lipinski definition) is 6. The monoisotopic (exact) mass is 406 g/mol.